The summed E-state index contributed by atoms with van der Waals surface area (Å²) in [6.07, 6.45) is 4.91. The van der Waals surface area contributed by atoms with Crippen molar-refractivity contribution in [2.45, 2.75) is 23.8 Å². The van der Waals surface area contributed by atoms with Crippen LogP contribution in [0.5, 0.6) is 0 Å². The molecule has 0 saturated carbocycles. The number of nitrogens with zero attached hydrogens (tertiary/aromatic N) is 7. The first-order valence-corrected chi connectivity index (χ1v) is 14.0. The smallest absolute Gasteiger partial charge is 0.289 e. The molecule has 2 aromatic carbocycles. The molecule has 1 atom stereocenters. The van der Waals surface area contributed by atoms with Crippen LogP contribution in [-0.4, -0.2) is 72.1 Å². The molecule has 0 spiro atoms. The number of rotatable bonds is 3. The van der Waals surface area contributed by atoms with Gasteiger partial charge in [0.1, 0.15) is 11.6 Å². The third-order valence-corrected chi connectivity index (χ3v) is 9.34. The fraction of sp³-hybridized carbons (Fsp3) is 0.308. The Kier molecular flexibility index (Phi) is 6.19. The minimum atomic E-state index is -4.40. The largest absolute Gasteiger partial charge is 0.358 e. The van der Waals surface area contributed by atoms with Crippen molar-refractivity contribution < 1.29 is 17.7 Å². The van der Waals surface area contributed by atoms with Gasteiger partial charge in [-0.1, -0.05) is 12.1 Å². The van der Waals surface area contributed by atoms with Crippen LogP contribution < -0.4 is 9.21 Å². The topological polar surface area (TPSA) is 117 Å². The lowest BCUT2D eigenvalue weighted by Crippen LogP contribution is -2.45. The Balaban J connectivity index is 1.57. The Hall–Kier alpha value is -4.10. The van der Waals surface area contributed by atoms with Crippen molar-refractivity contribution in [3.8, 4) is 11.1 Å². The summed E-state index contributed by atoms with van der Waals surface area (Å²) in [6, 6.07) is 11.1. The number of hydrogen-bond donors (Lipinski definition) is 0. The molecule has 202 valence electrons. The van der Waals surface area contributed by atoms with E-state index in [0.29, 0.717) is 30.1 Å². The molecule has 4 heterocycles. The number of nitro benzene ring substituents is 1. The highest BCUT2D eigenvalue weighted by Gasteiger charge is 2.36. The number of hydrogen-bond acceptors (Lipinski definition) is 8. The number of halogens is 1. The van der Waals surface area contributed by atoms with Crippen LogP contribution >= 0.6 is 0 Å². The van der Waals surface area contributed by atoms with Crippen molar-refractivity contribution in [2.24, 2.45) is 0 Å². The van der Waals surface area contributed by atoms with Crippen LogP contribution in [0.4, 0.5) is 21.6 Å². The van der Waals surface area contributed by atoms with Crippen LogP contribution in [0.1, 0.15) is 12.8 Å². The van der Waals surface area contributed by atoms with Crippen LogP contribution in [0, 0.1) is 15.9 Å². The summed E-state index contributed by atoms with van der Waals surface area (Å²) in [4.78, 5) is 19.6. The average Bonchev–Trinajstić information content (AvgIpc) is 3.56. The number of sulfonamides is 1. The Labute approximate surface area is 224 Å². The Morgan fingerprint density at radius 3 is 2.72 bits per heavy atom. The Morgan fingerprint density at radius 1 is 1.08 bits per heavy atom. The number of likely N-dealkylation sites (N-methyl/N-ethyl adjacent to an activating group) is 1. The molecule has 4 bridgehead atoms. The zero-order chi connectivity index (χ0) is 27.3. The molecule has 2 aliphatic rings. The molecular weight excluding hydrogens is 525 g/mol. The van der Waals surface area contributed by atoms with Gasteiger partial charge in [-0.05, 0) is 49.7 Å². The van der Waals surface area contributed by atoms with Crippen molar-refractivity contribution in [1.82, 2.24) is 19.5 Å². The summed E-state index contributed by atoms with van der Waals surface area (Å²) in [5.74, 6) is 0.154. The van der Waals surface area contributed by atoms with Crippen LogP contribution in [0.2, 0.25) is 0 Å². The van der Waals surface area contributed by atoms with Crippen molar-refractivity contribution in [3.05, 3.63) is 76.9 Å². The van der Waals surface area contributed by atoms with E-state index in [9.17, 15) is 18.5 Å². The molecule has 1 saturated heterocycles. The Bertz CT molecular complexity index is 1690. The fourth-order valence-electron chi connectivity index (χ4n) is 5.40. The summed E-state index contributed by atoms with van der Waals surface area (Å²) in [5.41, 5.74) is 0.675. The van der Waals surface area contributed by atoms with Crippen molar-refractivity contribution >= 4 is 32.9 Å². The van der Waals surface area contributed by atoms with Crippen molar-refractivity contribution in [3.63, 3.8) is 0 Å². The third kappa shape index (κ3) is 4.36. The molecule has 2 aromatic heterocycles. The predicted molar refractivity (Wildman–Crippen MR) is 144 cm³/mol. The molecule has 0 N–H and O–H groups in total. The number of nitro groups is 1. The molecule has 0 unspecified atom stereocenters. The summed E-state index contributed by atoms with van der Waals surface area (Å²) < 4.78 is 46.3. The Morgan fingerprint density at radius 2 is 1.90 bits per heavy atom. The standard InChI is InChI=1S/C26H26FN7O4S/c1-30-13-14-31-11-4-5-19(31)17-33(39(37,38)24-7-3-2-6-23(24)34(35)36)18-8-9-22(27)20(15-18)21-16-28-32-12-10-25(30)29-26(21)32/h2-3,6-10,12,15-16,19H,4-5,11,13-14,17H2,1H3/t19-/m0/s1. The van der Waals surface area contributed by atoms with E-state index in [4.69, 9.17) is 4.98 Å². The van der Waals surface area contributed by atoms with Gasteiger partial charge in [0, 0.05) is 56.1 Å². The maximum atomic E-state index is 15.3. The number of aromatic nitrogens is 3. The number of para-hydroxylation sites is 1. The zero-order valence-electron chi connectivity index (χ0n) is 21.1. The molecule has 39 heavy (non-hydrogen) atoms. The van der Waals surface area contributed by atoms with Crippen molar-refractivity contribution in [1.29, 1.82) is 0 Å². The lowest BCUT2D eigenvalue weighted by atomic mass is 10.1. The van der Waals surface area contributed by atoms with Crippen LogP contribution in [0.15, 0.2) is 65.8 Å². The van der Waals surface area contributed by atoms with Crippen molar-refractivity contribution in [2.75, 3.05) is 42.4 Å². The second kappa shape index (κ2) is 9.58. The first-order chi connectivity index (χ1) is 18.7. The highest BCUT2D eigenvalue weighted by atomic mass is 32.2. The van der Waals surface area contributed by atoms with Gasteiger partial charge in [-0.2, -0.15) is 5.10 Å². The second-order valence-corrected chi connectivity index (χ2v) is 11.6. The number of anilines is 2. The lowest BCUT2D eigenvalue weighted by molar-refractivity contribution is -0.387. The van der Waals surface area contributed by atoms with E-state index in [1.54, 1.807) is 10.7 Å². The molecule has 2 aliphatic heterocycles. The zero-order valence-corrected chi connectivity index (χ0v) is 22.0. The van der Waals surface area contributed by atoms with E-state index in [1.165, 1.54) is 53.0 Å². The summed E-state index contributed by atoms with van der Waals surface area (Å²) in [5, 5.41) is 16.1. The van der Waals surface area contributed by atoms with E-state index < -0.39 is 31.3 Å². The highest BCUT2D eigenvalue weighted by Crippen LogP contribution is 2.36. The van der Waals surface area contributed by atoms with Gasteiger partial charge in [0.05, 0.1) is 16.8 Å². The van der Waals surface area contributed by atoms with E-state index in [-0.39, 0.29) is 23.8 Å². The summed E-state index contributed by atoms with van der Waals surface area (Å²) >= 11 is 0. The van der Waals surface area contributed by atoms with Gasteiger partial charge in [-0.15, -0.1) is 0 Å². The van der Waals surface area contributed by atoms with E-state index in [2.05, 4.69) is 10.00 Å². The van der Waals surface area contributed by atoms with Gasteiger partial charge >= 0.3 is 0 Å². The van der Waals surface area contributed by atoms with Crippen LogP contribution in [0.25, 0.3) is 16.8 Å². The summed E-state index contributed by atoms with van der Waals surface area (Å²) in [6.45, 7) is 2.18. The molecule has 0 aliphatic carbocycles. The molecule has 0 amide bonds. The fourth-order valence-corrected chi connectivity index (χ4v) is 7.06. The van der Waals surface area contributed by atoms with Gasteiger partial charge in [0.15, 0.2) is 10.5 Å². The maximum Gasteiger partial charge on any atom is 0.289 e. The highest BCUT2D eigenvalue weighted by molar-refractivity contribution is 7.93. The average molecular weight is 552 g/mol. The van der Waals surface area contributed by atoms with Gasteiger partial charge in [-0.3, -0.25) is 19.3 Å². The molecule has 0 radical (unpaired) electrons. The third-order valence-electron chi connectivity index (χ3n) is 7.50. The normalized spacial score (nSPS) is 18.4. The first kappa shape index (κ1) is 25.2. The second-order valence-electron chi connectivity index (χ2n) is 9.79. The number of benzene rings is 2. The maximum absolute atomic E-state index is 15.3. The molecule has 4 aromatic rings. The van der Waals surface area contributed by atoms with E-state index >= 15 is 4.39 Å². The predicted octanol–water partition coefficient (Wildman–Crippen LogP) is 3.55. The molecule has 6 rings (SSSR count). The monoisotopic (exact) mass is 551 g/mol. The SMILES string of the molecule is CN1CCN2CCC[C@H]2CN(S(=O)(=O)c2ccccc2[N+](=O)[O-])c2ccc(F)c(c2)-c2cnn3ccc1nc23. The van der Waals surface area contributed by atoms with E-state index in [1.807, 2.05) is 18.0 Å². The van der Waals surface area contributed by atoms with Gasteiger partial charge in [0.2, 0.25) is 0 Å². The molecule has 11 nitrogen and oxygen atoms in total. The van der Waals surface area contributed by atoms with Gasteiger partial charge in [0.25, 0.3) is 15.7 Å². The van der Waals surface area contributed by atoms with Crippen LogP contribution in [-0.2, 0) is 10.0 Å². The summed E-state index contributed by atoms with van der Waals surface area (Å²) in [7, 11) is -2.47. The molecule has 1 fully saturated rings. The minimum Gasteiger partial charge on any atom is -0.358 e. The van der Waals surface area contributed by atoms with Crippen LogP contribution in [0.3, 0.4) is 0 Å². The quantitative estimate of drug-likeness (QED) is 0.280. The van der Waals surface area contributed by atoms with E-state index in [0.717, 1.165) is 19.4 Å². The van der Waals surface area contributed by atoms with Gasteiger partial charge < -0.3 is 4.90 Å². The number of fused-ring (bicyclic) bond motifs is 5. The van der Waals surface area contributed by atoms with Gasteiger partial charge in [-0.25, -0.2) is 22.3 Å². The first-order valence-electron chi connectivity index (χ1n) is 12.6. The molecular formula is C26H26FN7O4S. The molecule has 13 heteroatoms. The minimum absolute atomic E-state index is 0.0656. The lowest BCUT2D eigenvalue weighted by Gasteiger charge is -2.33.